The van der Waals surface area contributed by atoms with E-state index in [0.717, 1.165) is 9.75 Å². The van der Waals surface area contributed by atoms with Crippen LogP contribution in [-0.4, -0.2) is 23.8 Å². The molecular formula is C11H11NO2S. The summed E-state index contributed by atoms with van der Waals surface area (Å²) in [6.45, 7) is 3.77. The third-order valence-electron chi connectivity index (χ3n) is 2.47. The minimum absolute atomic E-state index is 0.181. The van der Waals surface area contributed by atoms with E-state index in [4.69, 9.17) is 0 Å². The average molecular weight is 221 g/mol. The fourth-order valence-electron chi connectivity index (χ4n) is 1.73. The maximum Gasteiger partial charge on any atom is 0.262 e. The molecule has 78 valence electrons. The minimum Gasteiger partial charge on any atom is -0.277 e. The first-order valence-corrected chi connectivity index (χ1v) is 5.48. The van der Waals surface area contributed by atoms with Gasteiger partial charge in [0.15, 0.2) is 0 Å². The summed E-state index contributed by atoms with van der Waals surface area (Å²) in [5.41, 5.74) is 1.16. The van der Waals surface area contributed by atoms with Gasteiger partial charge in [0.25, 0.3) is 11.8 Å². The summed E-state index contributed by atoms with van der Waals surface area (Å²) >= 11 is 1.50. The summed E-state index contributed by atoms with van der Waals surface area (Å²) in [5.74, 6) is -0.369. The number of thiophene rings is 1. The van der Waals surface area contributed by atoms with E-state index in [1.54, 1.807) is 0 Å². The molecule has 0 N–H and O–H groups in total. The van der Waals surface area contributed by atoms with Crippen LogP contribution < -0.4 is 0 Å². The minimum atomic E-state index is -0.188. The van der Waals surface area contributed by atoms with Crippen LogP contribution in [0.2, 0.25) is 0 Å². The summed E-state index contributed by atoms with van der Waals surface area (Å²) < 4.78 is 0. The second-order valence-corrected chi connectivity index (χ2v) is 4.70. The molecule has 2 rings (SSSR count). The van der Waals surface area contributed by atoms with Gasteiger partial charge in [-0.25, -0.2) is 0 Å². The fourth-order valence-corrected chi connectivity index (χ4v) is 2.85. The third kappa shape index (κ3) is 1.25. The van der Waals surface area contributed by atoms with Crippen LogP contribution in [0.4, 0.5) is 0 Å². The Morgan fingerprint density at radius 1 is 1.20 bits per heavy atom. The van der Waals surface area contributed by atoms with Crippen LogP contribution in [-0.2, 0) is 0 Å². The molecule has 1 aliphatic heterocycles. The third-order valence-corrected chi connectivity index (χ3v) is 3.54. The molecule has 2 heterocycles. The van der Waals surface area contributed by atoms with Gasteiger partial charge in [-0.05, 0) is 19.9 Å². The van der Waals surface area contributed by atoms with Crippen molar-refractivity contribution in [3.8, 4) is 0 Å². The van der Waals surface area contributed by atoms with E-state index in [1.807, 2.05) is 26.0 Å². The lowest BCUT2D eigenvalue weighted by Crippen LogP contribution is -2.24. The molecule has 4 heteroatoms. The lowest BCUT2D eigenvalue weighted by atomic mass is 10.1. The van der Waals surface area contributed by atoms with Crippen molar-refractivity contribution < 1.29 is 9.59 Å². The Labute approximate surface area is 92.0 Å². The number of carbonyl (C=O) groups is 2. The predicted octanol–water partition coefficient (Wildman–Crippen LogP) is 2.32. The molecule has 1 aromatic heterocycles. The number of fused-ring (bicyclic) bond motifs is 1. The second kappa shape index (κ2) is 3.31. The molecule has 0 aliphatic carbocycles. The predicted molar refractivity (Wildman–Crippen MR) is 60.2 cm³/mol. The number of rotatable bonds is 1. The molecule has 0 atom stereocenters. The lowest BCUT2D eigenvalue weighted by molar-refractivity contribution is 0.0693. The Balaban J connectivity index is 2.70. The van der Waals surface area contributed by atoms with Gasteiger partial charge in [0.1, 0.15) is 0 Å². The average Bonchev–Trinajstić information content (AvgIpc) is 2.62. The van der Waals surface area contributed by atoms with Gasteiger partial charge < -0.3 is 0 Å². The highest BCUT2D eigenvalue weighted by Gasteiger charge is 2.37. The highest BCUT2D eigenvalue weighted by Crippen LogP contribution is 2.35. The summed E-state index contributed by atoms with van der Waals surface area (Å²) in [4.78, 5) is 26.5. The van der Waals surface area contributed by atoms with Gasteiger partial charge in [0.05, 0.1) is 11.1 Å². The molecule has 1 aromatic rings. The van der Waals surface area contributed by atoms with Crippen LogP contribution in [0.25, 0.3) is 6.08 Å². The number of hydrogen-bond donors (Lipinski definition) is 0. The molecule has 0 aromatic carbocycles. The molecule has 2 amide bonds. The zero-order valence-electron chi connectivity index (χ0n) is 8.83. The van der Waals surface area contributed by atoms with Crippen LogP contribution in [0.3, 0.4) is 0 Å². The van der Waals surface area contributed by atoms with Crippen LogP contribution >= 0.6 is 11.3 Å². The largest absolute Gasteiger partial charge is 0.277 e. The second-order valence-electron chi connectivity index (χ2n) is 3.44. The lowest BCUT2D eigenvalue weighted by Gasteiger charge is -2.05. The fraction of sp³-hybridized carbons (Fsp3) is 0.273. The van der Waals surface area contributed by atoms with Crippen LogP contribution in [0.15, 0.2) is 6.08 Å². The Morgan fingerprint density at radius 3 is 2.40 bits per heavy atom. The molecule has 0 unspecified atom stereocenters. The zero-order chi connectivity index (χ0) is 11.2. The standard InChI is InChI=1S/C11H11NO2S/c1-4-5-7-9-8(6(2)15-7)10(13)12(3)11(9)14/h4-5H,1-3H3/b5-4+. The molecule has 0 fully saturated rings. The normalized spacial score (nSPS) is 15.5. The van der Waals surface area contributed by atoms with Gasteiger partial charge in [-0.2, -0.15) is 0 Å². The summed E-state index contributed by atoms with van der Waals surface area (Å²) in [7, 11) is 1.52. The maximum atomic E-state index is 11.8. The van der Waals surface area contributed by atoms with E-state index in [2.05, 4.69) is 0 Å². The Kier molecular flexibility index (Phi) is 2.23. The molecule has 0 spiro atoms. The molecule has 3 nitrogen and oxygen atoms in total. The Bertz CT molecular complexity index is 485. The van der Waals surface area contributed by atoms with Crippen molar-refractivity contribution in [2.24, 2.45) is 0 Å². The zero-order valence-corrected chi connectivity index (χ0v) is 9.64. The van der Waals surface area contributed by atoms with Gasteiger partial charge in [-0.3, -0.25) is 14.5 Å². The number of carbonyl (C=O) groups excluding carboxylic acids is 2. The highest BCUT2D eigenvalue weighted by molar-refractivity contribution is 7.13. The topological polar surface area (TPSA) is 37.4 Å². The van der Waals surface area contributed by atoms with Gasteiger partial charge in [-0.1, -0.05) is 6.08 Å². The number of allylic oxidation sites excluding steroid dienone is 1. The summed E-state index contributed by atoms with van der Waals surface area (Å²) in [6.07, 6.45) is 3.75. The van der Waals surface area contributed by atoms with E-state index in [-0.39, 0.29) is 11.8 Å². The maximum absolute atomic E-state index is 11.8. The summed E-state index contributed by atoms with van der Waals surface area (Å²) in [5, 5.41) is 0. The Hall–Kier alpha value is -1.42. The molecule has 0 saturated heterocycles. The van der Waals surface area contributed by atoms with Gasteiger partial charge >= 0.3 is 0 Å². The van der Waals surface area contributed by atoms with Gasteiger partial charge in [0, 0.05) is 16.8 Å². The van der Waals surface area contributed by atoms with Crippen molar-refractivity contribution in [3.63, 3.8) is 0 Å². The van der Waals surface area contributed by atoms with Crippen LogP contribution in [0.5, 0.6) is 0 Å². The molecule has 0 bridgehead atoms. The van der Waals surface area contributed by atoms with Crippen LogP contribution in [0.1, 0.15) is 37.4 Å². The van der Waals surface area contributed by atoms with Crippen molar-refractivity contribution in [2.45, 2.75) is 13.8 Å². The smallest absolute Gasteiger partial charge is 0.262 e. The van der Waals surface area contributed by atoms with E-state index >= 15 is 0 Å². The van der Waals surface area contributed by atoms with Gasteiger partial charge in [0.2, 0.25) is 0 Å². The first-order chi connectivity index (χ1) is 7.07. The highest BCUT2D eigenvalue weighted by atomic mass is 32.1. The van der Waals surface area contributed by atoms with Crippen molar-refractivity contribution in [2.75, 3.05) is 7.05 Å². The number of aryl methyl sites for hydroxylation is 1. The number of hydrogen-bond acceptors (Lipinski definition) is 3. The molecule has 1 aliphatic rings. The molecule has 0 saturated carbocycles. The molecule has 0 radical (unpaired) electrons. The van der Waals surface area contributed by atoms with Gasteiger partial charge in [-0.15, -0.1) is 11.3 Å². The van der Waals surface area contributed by atoms with Crippen LogP contribution in [0, 0.1) is 6.92 Å². The van der Waals surface area contributed by atoms with Crippen molar-refractivity contribution >= 4 is 29.2 Å². The molecular weight excluding hydrogens is 210 g/mol. The number of amides is 2. The van der Waals surface area contributed by atoms with E-state index in [0.29, 0.717) is 11.1 Å². The summed E-state index contributed by atoms with van der Waals surface area (Å²) in [6, 6.07) is 0. The number of nitrogens with zero attached hydrogens (tertiary/aromatic N) is 1. The first kappa shape index (κ1) is 10.1. The van der Waals surface area contributed by atoms with E-state index in [1.165, 1.54) is 23.3 Å². The molecule has 15 heavy (non-hydrogen) atoms. The SMILES string of the molecule is C/C=C/c1sc(C)c2c1C(=O)N(C)C2=O. The van der Waals surface area contributed by atoms with E-state index in [9.17, 15) is 9.59 Å². The monoisotopic (exact) mass is 221 g/mol. The van der Waals surface area contributed by atoms with E-state index < -0.39 is 0 Å². The van der Waals surface area contributed by atoms with Crippen molar-refractivity contribution in [1.29, 1.82) is 0 Å². The van der Waals surface area contributed by atoms with Crippen molar-refractivity contribution in [1.82, 2.24) is 4.90 Å². The quantitative estimate of drug-likeness (QED) is 0.682. The number of imide groups is 1. The van der Waals surface area contributed by atoms with Crippen molar-refractivity contribution in [3.05, 3.63) is 27.0 Å². The first-order valence-electron chi connectivity index (χ1n) is 4.66. The Morgan fingerprint density at radius 2 is 1.80 bits per heavy atom.